The van der Waals surface area contributed by atoms with Crippen LogP contribution in [-0.2, 0) is 4.79 Å². The minimum atomic E-state index is 0.208. The van der Waals surface area contributed by atoms with Crippen molar-refractivity contribution >= 4 is 6.29 Å². The fourth-order valence-corrected chi connectivity index (χ4v) is 1.09. The lowest BCUT2D eigenvalue weighted by Gasteiger charge is -2.00. The Labute approximate surface area is 55.8 Å². The SMILES string of the molecule is O=[C]C1CCC=CCC1. The van der Waals surface area contributed by atoms with E-state index in [1.165, 1.54) is 0 Å². The van der Waals surface area contributed by atoms with Crippen LogP contribution in [0.2, 0.25) is 0 Å². The summed E-state index contributed by atoms with van der Waals surface area (Å²) in [6, 6.07) is 0. The smallest absolute Gasteiger partial charge is 0.201 e. The zero-order valence-corrected chi connectivity index (χ0v) is 5.47. The first-order chi connectivity index (χ1) is 4.43. The van der Waals surface area contributed by atoms with Gasteiger partial charge in [-0.15, -0.1) is 0 Å². The molecule has 1 rings (SSSR count). The highest BCUT2D eigenvalue weighted by atomic mass is 16.1. The van der Waals surface area contributed by atoms with E-state index in [2.05, 4.69) is 18.4 Å². The second-order valence-corrected chi connectivity index (χ2v) is 2.44. The van der Waals surface area contributed by atoms with E-state index < -0.39 is 0 Å². The van der Waals surface area contributed by atoms with Gasteiger partial charge in [0, 0.05) is 5.92 Å². The Morgan fingerprint density at radius 2 is 1.78 bits per heavy atom. The third kappa shape index (κ3) is 2.00. The molecule has 9 heavy (non-hydrogen) atoms. The Bertz CT molecular complexity index is 106. The summed E-state index contributed by atoms with van der Waals surface area (Å²) in [7, 11) is 0. The average molecular weight is 123 g/mol. The van der Waals surface area contributed by atoms with E-state index in [0.29, 0.717) is 0 Å². The monoisotopic (exact) mass is 123 g/mol. The van der Waals surface area contributed by atoms with Gasteiger partial charge in [-0.3, -0.25) is 4.79 Å². The fourth-order valence-electron chi connectivity index (χ4n) is 1.09. The number of rotatable bonds is 1. The maximum Gasteiger partial charge on any atom is 0.201 e. The molecule has 0 aromatic heterocycles. The molecule has 0 heterocycles. The van der Waals surface area contributed by atoms with Crippen molar-refractivity contribution in [2.24, 2.45) is 5.92 Å². The van der Waals surface area contributed by atoms with Crippen LogP contribution >= 0.6 is 0 Å². The number of carbonyl (C=O) groups excluding carboxylic acids is 1. The van der Waals surface area contributed by atoms with E-state index in [4.69, 9.17) is 0 Å². The zero-order valence-electron chi connectivity index (χ0n) is 5.47. The van der Waals surface area contributed by atoms with Gasteiger partial charge >= 0.3 is 0 Å². The zero-order chi connectivity index (χ0) is 6.53. The summed E-state index contributed by atoms with van der Waals surface area (Å²) in [4.78, 5) is 10.2. The number of hydrogen-bond acceptors (Lipinski definition) is 1. The Kier molecular flexibility index (Phi) is 2.49. The highest BCUT2D eigenvalue weighted by Gasteiger charge is 2.07. The molecular formula is C8H11O. The van der Waals surface area contributed by atoms with E-state index in [1.807, 2.05) is 0 Å². The summed E-state index contributed by atoms with van der Waals surface area (Å²) in [6.45, 7) is 0. The van der Waals surface area contributed by atoms with Crippen molar-refractivity contribution in [3.63, 3.8) is 0 Å². The minimum Gasteiger partial charge on any atom is -0.291 e. The van der Waals surface area contributed by atoms with Gasteiger partial charge in [0.15, 0.2) is 0 Å². The van der Waals surface area contributed by atoms with Crippen LogP contribution in [0.15, 0.2) is 12.2 Å². The second-order valence-electron chi connectivity index (χ2n) is 2.44. The third-order valence-electron chi connectivity index (χ3n) is 1.70. The fraction of sp³-hybridized carbons (Fsp3) is 0.625. The summed E-state index contributed by atoms with van der Waals surface area (Å²) >= 11 is 0. The molecule has 1 aliphatic rings. The predicted octanol–water partition coefficient (Wildman–Crippen LogP) is 1.84. The standard InChI is InChI=1S/C8H11O/c9-7-8-5-3-1-2-4-6-8/h1-2,8H,3-6H2. The lowest BCUT2D eigenvalue weighted by atomic mass is 10.0. The van der Waals surface area contributed by atoms with Crippen LogP contribution in [0.5, 0.6) is 0 Å². The molecule has 0 aromatic rings. The molecule has 1 radical (unpaired) electrons. The number of allylic oxidation sites excluding steroid dienone is 2. The molecule has 0 aliphatic heterocycles. The van der Waals surface area contributed by atoms with Crippen LogP contribution in [-0.4, -0.2) is 6.29 Å². The summed E-state index contributed by atoms with van der Waals surface area (Å²) in [5.41, 5.74) is 0. The number of hydrogen-bond donors (Lipinski definition) is 0. The Morgan fingerprint density at radius 3 is 2.22 bits per heavy atom. The van der Waals surface area contributed by atoms with Crippen molar-refractivity contribution in [1.82, 2.24) is 0 Å². The van der Waals surface area contributed by atoms with Crippen molar-refractivity contribution in [2.75, 3.05) is 0 Å². The van der Waals surface area contributed by atoms with Gasteiger partial charge < -0.3 is 0 Å². The van der Waals surface area contributed by atoms with Crippen LogP contribution in [0, 0.1) is 5.92 Å². The van der Waals surface area contributed by atoms with E-state index in [9.17, 15) is 4.79 Å². The molecule has 49 valence electrons. The van der Waals surface area contributed by atoms with E-state index in [-0.39, 0.29) is 5.92 Å². The molecule has 0 saturated heterocycles. The molecule has 0 bridgehead atoms. The molecule has 0 fully saturated rings. The molecule has 0 atom stereocenters. The lowest BCUT2D eigenvalue weighted by molar-refractivity contribution is 0.498. The molecule has 0 saturated carbocycles. The van der Waals surface area contributed by atoms with Crippen molar-refractivity contribution in [3.05, 3.63) is 12.2 Å². The van der Waals surface area contributed by atoms with Crippen molar-refractivity contribution in [3.8, 4) is 0 Å². The van der Waals surface area contributed by atoms with Gasteiger partial charge in [0.2, 0.25) is 6.29 Å². The summed E-state index contributed by atoms with van der Waals surface area (Å²) in [6.07, 6.45) is 10.5. The maximum absolute atomic E-state index is 10.2. The van der Waals surface area contributed by atoms with Crippen LogP contribution in [0.1, 0.15) is 25.7 Å². The van der Waals surface area contributed by atoms with Gasteiger partial charge in [-0.25, -0.2) is 0 Å². The first-order valence-electron chi connectivity index (χ1n) is 3.46. The highest BCUT2D eigenvalue weighted by Crippen LogP contribution is 2.15. The van der Waals surface area contributed by atoms with Gasteiger partial charge in [0.25, 0.3) is 0 Å². The molecule has 1 heteroatoms. The van der Waals surface area contributed by atoms with Crippen molar-refractivity contribution in [2.45, 2.75) is 25.7 Å². The molecule has 0 amide bonds. The molecule has 0 N–H and O–H groups in total. The van der Waals surface area contributed by atoms with E-state index >= 15 is 0 Å². The Morgan fingerprint density at radius 1 is 1.22 bits per heavy atom. The van der Waals surface area contributed by atoms with E-state index in [0.717, 1.165) is 25.7 Å². The molecule has 0 aromatic carbocycles. The topological polar surface area (TPSA) is 17.1 Å². The Hall–Kier alpha value is -0.590. The second kappa shape index (κ2) is 3.44. The Balaban J connectivity index is 2.34. The molecular weight excluding hydrogens is 112 g/mol. The highest BCUT2D eigenvalue weighted by molar-refractivity contribution is 5.54. The molecule has 1 aliphatic carbocycles. The molecule has 0 spiro atoms. The van der Waals surface area contributed by atoms with Gasteiger partial charge in [-0.1, -0.05) is 12.2 Å². The normalized spacial score (nSPS) is 21.3. The van der Waals surface area contributed by atoms with Crippen LogP contribution in [0.3, 0.4) is 0 Å². The third-order valence-corrected chi connectivity index (χ3v) is 1.70. The first-order valence-corrected chi connectivity index (χ1v) is 3.46. The predicted molar refractivity (Wildman–Crippen MR) is 36.8 cm³/mol. The lowest BCUT2D eigenvalue weighted by Crippen LogP contribution is -1.98. The van der Waals surface area contributed by atoms with Gasteiger partial charge in [0.05, 0.1) is 0 Å². The first kappa shape index (κ1) is 6.53. The van der Waals surface area contributed by atoms with Gasteiger partial charge in [0.1, 0.15) is 0 Å². The molecule has 1 nitrogen and oxygen atoms in total. The van der Waals surface area contributed by atoms with Crippen molar-refractivity contribution in [1.29, 1.82) is 0 Å². The summed E-state index contributed by atoms with van der Waals surface area (Å²) < 4.78 is 0. The van der Waals surface area contributed by atoms with Crippen LogP contribution in [0.4, 0.5) is 0 Å². The summed E-state index contributed by atoms with van der Waals surface area (Å²) in [5.74, 6) is 0.208. The largest absolute Gasteiger partial charge is 0.291 e. The quantitative estimate of drug-likeness (QED) is 0.486. The van der Waals surface area contributed by atoms with Gasteiger partial charge in [-0.05, 0) is 25.7 Å². The minimum absolute atomic E-state index is 0.208. The van der Waals surface area contributed by atoms with E-state index in [1.54, 1.807) is 0 Å². The summed E-state index contributed by atoms with van der Waals surface area (Å²) in [5, 5.41) is 0. The van der Waals surface area contributed by atoms with Gasteiger partial charge in [-0.2, -0.15) is 0 Å². The van der Waals surface area contributed by atoms with Crippen LogP contribution in [0.25, 0.3) is 0 Å². The van der Waals surface area contributed by atoms with Crippen molar-refractivity contribution < 1.29 is 4.79 Å². The maximum atomic E-state index is 10.2. The van der Waals surface area contributed by atoms with Crippen LogP contribution < -0.4 is 0 Å². The molecule has 0 unspecified atom stereocenters. The average Bonchev–Trinajstić information content (AvgIpc) is 2.13.